The van der Waals surface area contributed by atoms with E-state index >= 15 is 0 Å². The summed E-state index contributed by atoms with van der Waals surface area (Å²) >= 11 is 0. The average Bonchev–Trinajstić information content (AvgIpc) is 2.68. The van der Waals surface area contributed by atoms with Crippen molar-refractivity contribution >= 4 is 11.0 Å². The van der Waals surface area contributed by atoms with Gasteiger partial charge in [-0.05, 0) is 30.3 Å². The van der Waals surface area contributed by atoms with Crippen molar-refractivity contribution in [2.45, 2.75) is 0 Å². The average molecular weight is 331 g/mol. The van der Waals surface area contributed by atoms with E-state index in [2.05, 4.69) is 15.0 Å². The van der Waals surface area contributed by atoms with Gasteiger partial charge in [0, 0.05) is 36.4 Å². The lowest BCUT2D eigenvalue weighted by Gasteiger charge is -2.09. The Bertz CT molecular complexity index is 1110. The second-order valence-electron chi connectivity index (χ2n) is 5.31. The molecular formula is C19H13N3O3. The van der Waals surface area contributed by atoms with Gasteiger partial charge in [-0.2, -0.15) is 0 Å². The van der Waals surface area contributed by atoms with Crippen molar-refractivity contribution in [3.8, 4) is 28.5 Å². The summed E-state index contributed by atoms with van der Waals surface area (Å²) in [6.45, 7) is 0. The molecule has 0 aliphatic heterocycles. The van der Waals surface area contributed by atoms with Crippen LogP contribution in [-0.2, 0) is 0 Å². The zero-order valence-corrected chi connectivity index (χ0v) is 13.3. The highest BCUT2D eigenvalue weighted by Gasteiger charge is 2.16. The Morgan fingerprint density at radius 3 is 2.64 bits per heavy atom. The fraction of sp³-hybridized carbons (Fsp3) is 0.0526. The number of ether oxygens (including phenoxy) is 1. The van der Waals surface area contributed by atoms with Gasteiger partial charge in [-0.3, -0.25) is 14.8 Å². The fourth-order valence-electron chi connectivity index (χ4n) is 2.67. The maximum atomic E-state index is 12.6. The van der Waals surface area contributed by atoms with Crippen molar-refractivity contribution in [2.75, 3.05) is 7.11 Å². The number of hydrogen-bond acceptors (Lipinski definition) is 6. The Labute approximate surface area is 142 Å². The predicted molar refractivity (Wildman–Crippen MR) is 93.3 cm³/mol. The molecule has 6 nitrogen and oxygen atoms in total. The van der Waals surface area contributed by atoms with Crippen molar-refractivity contribution in [1.82, 2.24) is 15.0 Å². The monoisotopic (exact) mass is 331 g/mol. The van der Waals surface area contributed by atoms with Gasteiger partial charge in [0.05, 0.1) is 18.1 Å². The highest BCUT2D eigenvalue weighted by Crippen LogP contribution is 2.32. The van der Waals surface area contributed by atoms with Gasteiger partial charge in [0.15, 0.2) is 11.0 Å². The maximum absolute atomic E-state index is 12.6. The summed E-state index contributed by atoms with van der Waals surface area (Å²) in [6.07, 6.45) is 6.50. The standard InChI is InChI=1S/C19H13N3O3/c1-24-19-14(3-2-7-22-19)17-18-13(6-10-21-17)15(23)11-16(25-18)12-4-8-20-9-5-12/h2-11H,1H3. The first kappa shape index (κ1) is 15.0. The molecule has 25 heavy (non-hydrogen) atoms. The van der Waals surface area contributed by atoms with E-state index in [-0.39, 0.29) is 5.43 Å². The van der Waals surface area contributed by atoms with E-state index in [1.54, 1.807) is 49.1 Å². The Kier molecular flexibility index (Phi) is 3.70. The van der Waals surface area contributed by atoms with Crippen LogP contribution in [0.15, 0.2) is 70.4 Å². The lowest BCUT2D eigenvalue weighted by molar-refractivity contribution is 0.399. The minimum absolute atomic E-state index is 0.139. The second-order valence-corrected chi connectivity index (χ2v) is 5.31. The molecule has 4 rings (SSSR count). The molecule has 122 valence electrons. The van der Waals surface area contributed by atoms with Crippen molar-refractivity contribution in [3.63, 3.8) is 0 Å². The van der Waals surface area contributed by atoms with Crippen LogP contribution in [0.4, 0.5) is 0 Å². The number of rotatable bonds is 3. The summed E-state index contributed by atoms with van der Waals surface area (Å²) in [5.41, 5.74) is 2.19. The van der Waals surface area contributed by atoms with Gasteiger partial charge < -0.3 is 9.15 Å². The Hall–Kier alpha value is -3.54. The van der Waals surface area contributed by atoms with Crippen molar-refractivity contribution in [3.05, 3.63) is 71.4 Å². The molecule has 6 heteroatoms. The predicted octanol–water partition coefficient (Wildman–Crippen LogP) is 3.32. The number of nitrogens with zero attached hydrogens (tertiary/aromatic N) is 3. The lowest BCUT2D eigenvalue weighted by atomic mass is 10.1. The van der Waals surface area contributed by atoms with Gasteiger partial charge in [0.25, 0.3) is 0 Å². The van der Waals surface area contributed by atoms with E-state index < -0.39 is 0 Å². The summed E-state index contributed by atoms with van der Waals surface area (Å²) in [6, 6.07) is 10.3. The van der Waals surface area contributed by atoms with Crippen LogP contribution in [0.2, 0.25) is 0 Å². The fourth-order valence-corrected chi connectivity index (χ4v) is 2.67. The minimum atomic E-state index is -0.139. The van der Waals surface area contributed by atoms with Crippen LogP contribution in [0.5, 0.6) is 5.88 Å². The third kappa shape index (κ3) is 2.63. The molecule has 0 aromatic carbocycles. The van der Waals surface area contributed by atoms with E-state index in [0.717, 1.165) is 5.56 Å². The van der Waals surface area contributed by atoms with Crippen LogP contribution < -0.4 is 10.2 Å². The first-order valence-corrected chi connectivity index (χ1v) is 7.60. The van der Waals surface area contributed by atoms with Gasteiger partial charge >= 0.3 is 0 Å². The number of methoxy groups -OCH3 is 1. The summed E-state index contributed by atoms with van der Waals surface area (Å²) in [4.78, 5) is 25.1. The molecule has 0 aliphatic carbocycles. The normalized spacial score (nSPS) is 10.8. The molecule has 0 fully saturated rings. The van der Waals surface area contributed by atoms with Crippen molar-refractivity contribution in [2.24, 2.45) is 0 Å². The number of fused-ring (bicyclic) bond motifs is 1. The molecule has 0 amide bonds. The maximum Gasteiger partial charge on any atom is 0.222 e. The highest BCUT2D eigenvalue weighted by molar-refractivity contribution is 5.91. The van der Waals surface area contributed by atoms with E-state index in [4.69, 9.17) is 9.15 Å². The molecule has 4 heterocycles. The summed E-state index contributed by atoms with van der Waals surface area (Å²) in [7, 11) is 1.54. The molecule has 0 unspecified atom stereocenters. The van der Waals surface area contributed by atoms with Crippen LogP contribution in [0, 0.1) is 0 Å². The molecule has 0 radical (unpaired) electrons. The molecular weight excluding hydrogens is 318 g/mol. The van der Waals surface area contributed by atoms with E-state index in [1.807, 2.05) is 6.07 Å². The van der Waals surface area contributed by atoms with E-state index in [1.165, 1.54) is 13.2 Å². The third-order valence-electron chi connectivity index (χ3n) is 3.83. The topological polar surface area (TPSA) is 78.1 Å². The van der Waals surface area contributed by atoms with Crippen LogP contribution in [-0.4, -0.2) is 22.1 Å². The summed E-state index contributed by atoms with van der Waals surface area (Å²) in [5.74, 6) is 0.872. The molecule has 0 spiro atoms. The molecule has 0 saturated heterocycles. The largest absolute Gasteiger partial charge is 0.481 e. The molecule has 0 atom stereocenters. The number of aromatic nitrogens is 3. The second kappa shape index (κ2) is 6.16. The molecule has 4 aromatic rings. The van der Waals surface area contributed by atoms with Crippen LogP contribution >= 0.6 is 0 Å². The molecule has 4 aromatic heterocycles. The molecule has 0 saturated carbocycles. The SMILES string of the molecule is COc1ncccc1-c1nccc2c(=O)cc(-c3ccncc3)oc12. The smallest absolute Gasteiger partial charge is 0.222 e. The van der Waals surface area contributed by atoms with Crippen molar-refractivity contribution in [1.29, 1.82) is 0 Å². The highest BCUT2D eigenvalue weighted by atomic mass is 16.5. The van der Waals surface area contributed by atoms with Crippen molar-refractivity contribution < 1.29 is 9.15 Å². The Morgan fingerprint density at radius 2 is 1.84 bits per heavy atom. The molecule has 0 N–H and O–H groups in total. The number of hydrogen-bond donors (Lipinski definition) is 0. The lowest BCUT2D eigenvalue weighted by Crippen LogP contribution is -2.02. The Morgan fingerprint density at radius 1 is 1.00 bits per heavy atom. The van der Waals surface area contributed by atoms with Crippen LogP contribution in [0.3, 0.4) is 0 Å². The third-order valence-corrected chi connectivity index (χ3v) is 3.83. The van der Waals surface area contributed by atoms with E-state index in [0.29, 0.717) is 33.9 Å². The quantitative estimate of drug-likeness (QED) is 0.573. The van der Waals surface area contributed by atoms with Crippen LogP contribution in [0.1, 0.15) is 0 Å². The first-order chi connectivity index (χ1) is 12.3. The zero-order chi connectivity index (χ0) is 17.2. The Balaban J connectivity index is 2.03. The van der Waals surface area contributed by atoms with E-state index in [9.17, 15) is 4.79 Å². The van der Waals surface area contributed by atoms with Gasteiger partial charge in [-0.25, -0.2) is 4.98 Å². The summed E-state index contributed by atoms with van der Waals surface area (Å²) < 4.78 is 11.4. The van der Waals surface area contributed by atoms with Crippen LogP contribution in [0.25, 0.3) is 33.6 Å². The summed E-state index contributed by atoms with van der Waals surface area (Å²) in [5, 5.41) is 0.453. The van der Waals surface area contributed by atoms with Gasteiger partial charge in [-0.1, -0.05) is 0 Å². The van der Waals surface area contributed by atoms with Gasteiger partial charge in [-0.15, -0.1) is 0 Å². The number of pyridine rings is 3. The minimum Gasteiger partial charge on any atom is -0.481 e. The first-order valence-electron chi connectivity index (χ1n) is 7.60. The molecule has 0 bridgehead atoms. The molecule has 0 aliphatic rings. The van der Waals surface area contributed by atoms with Gasteiger partial charge in [0.2, 0.25) is 5.88 Å². The van der Waals surface area contributed by atoms with Gasteiger partial charge in [0.1, 0.15) is 11.5 Å². The zero-order valence-electron chi connectivity index (χ0n) is 13.3.